The maximum atomic E-state index is 13.7. The Morgan fingerprint density at radius 2 is 2.04 bits per heavy atom. The monoisotopic (exact) mass is 388 g/mol. The minimum absolute atomic E-state index is 0.0681. The zero-order valence-electron chi connectivity index (χ0n) is 16.0. The van der Waals surface area contributed by atoms with Crippen LogP contribution in [0.1, 0.15) is 31.3 Å². The third-order valence-corrected chi connectivity index (χ3v) is 5.51. The van der Waals surface area contributed by atoms with Crippen LogP contribution in [0, 0.1) is 24.5 Å². The molecule has 6 nitrogen and oxygen atoms in total. The number of hydrogen-bond donors (Lipinski definition) is 1. The fourth-order valence-electron chi connectivity index (χ4n) is 3.64. The van der Waals surface area contributed by atoms with Gasteiger partial charge in [0.05, 0.1) is 11.8 Å². The first-order valence-corrected chi connectivity index (χ1v) is 9.34. The molecule has 0 bridgehead atoms. The fourth-order valence-corrected chi connectivity index (χ4v) is 3.64. The molecule has 4 rings (SSSR count). The summed E-state index contributed by atoms with van der Waals surface area (Å²) in [7, 11) is 1.85. The van der Waals surface area contributed by atoms with Gasteiger partial charge in [-0.25, -0.2) is 18.7 Å². The largest absolute Gasteiger partial charge is 0.487 e. The van der Waals surface area contributed by atoms with Gasteiger partial charge in [0, 0.05) is 19.5 Å². The quantitative estimate of drug-likeness (QED) is 0.871. The molecule has 1 fully saturated rings. The second-order valence-corrected chi connectivity index (χ2v) is 7.56. The number of fused-ring (bicyclic) bond motifs is 1. The SMILES string of the molecule is Cc1nc(CC2CC(Oc3ccc(F)cc3F)C2)nc2c1NC(=O)[C@H](C)N2C. The van der Waals surface area contributed by atoms with Crippen molar-refractivity contribution in [3.8, 4) is 5.75 Å². The van der Waals surface area contributed by atoms with Crippen LogP contribution in [0.15, 0.2) is 18.2 Å². The van der Waals surface area contributed by atoms with Crippen LogP contribution in [0.3, 0.4) is 0 Å². The van der Waals surface area contributed by atoms with Gasteiger partial charge < -0.3 is 15.0 Å². The topological polar surface area (TPSA) is 67.4 Å². The predicted octanol–water partition coefficient (Wildman–Crippen LogP) is 3.24. The Labute approximate surface area is 161 Å². The zero-order chi connectivity index (χ0) is 20.0. The fraction of sp³-hybridized carbons (Fsp3) is 0.450. The number of halogens is 2. The first-order chi connectivity index (χ1) is 13.3. The number of rotatable bonds is 4. The molecule has 1 N–H and O–H groups in total. The van der Waals surface area contributed by atoms with E-state index in [1.54, 1.807) is 0 Å². The number of nitrogens with one attached hydrogen (secondary N) is 1. The molecule has 28 heavy (non-hydrogen) atoms. The highest BCUT2D eigenvalue weighted by Gasteiger charge is 2.34. The van der Waals surface area contributed by atoms with Gasteiger partial charge in [0.25, 0.3) is 0 Å². The molecule has 1 saturated carbocycles. The number of amides is 1. The summed E-state index contributed by atoms with van der Waals surface area (Å²) >= 11 is 0. The molecule has 0 unspecified atom stereocenters. The van der Waals surface area contributed by atoms with E-state index in [9.17, 15) is 13.6 Å². The summed E-state index contributed by atoms with van der Waals surface area (Å²) in [6.07, 6.45) is 2.12. The number of carbonyl (C=O) groups excluding carboxylic acids is 1. The number of carbonyl (C=O) groups is 1. The molecule has 2 aromatic rings. The van der Waals surface area contributed by atoms with E-state index in [-0.39, 0.29) is 23.8 Å². The first kappa shape index (κ1) is 18.6. The highest BCUT2D eigenvalue weighted by Crippen LogP contribution is 2.36. The Morgan fingerprint density at radius 3 is 2.75 bits per heavy atom. The van der Waals surface area contributed by atoms with Gasteiger partial charge in [0.1, 0.15) is 23.4 Å². The Balaban J connectivity index is 1.40. The number of ether oxygens (including phenoxy) is 1. The number of likely N-dealkylation sites (N-methyl/N-ethyl adjacent to an activating group) is 1. The maximum Gasteiger partial charge on any atom is 0.246 e. The summed E-state index contributed by atoms with van der Waals surface area (Å²) in [5, 5.41) is 2.87. The van der Waals surface area contributed by atoms with E-state index in [1.165, 1.54) is 12.1 Å². The Kier molecular flexibility index (Phi) is 4.64. The van der Waals surface area contributed by atoms with E-state index < -0.39 is 11.6 Å². The Hall–Kier alpha value is -2.77. The van der Waals surface area contributed by atoms with Crippen LogP contribution in [0.2, 0.25) is 0 Å². The highest BCUT2D eigenvalue weighted by molar-refractivity contribution is 6.02. The standard InChI is InChI=1S/C20H22F2N4O2/c1-10-18-19(26(3)11(2)20(27)25-18)24-17(23-10)8-12-6-14(7-12)28-16-5-4-13(21)9-15(16)22/h4-5,9,11-12,14H,6-8H2,1-3H3,(H,25,27)/t11-,12?,14?/m0/s1. The number of nitrogens with zero attached hydrogens (tertiary/aromatic N) is 3. The van der Waals surface area contributed by atoms with Crippen molar-refractivity contribution in [2.45, 2.75) is 45.3 Å². The van der Waals surface area contributed by atoms with E-state index in [0.29, 0.717) is 18.0 Å². The third kappa shape index (κ3) is 3.39. The predicted molar refractivity (Wildman–Crippen MR) is 100 cm³/mol. The third-order valence-electron chi connectivity index (χ3n) is 5.51. The van der Waals surface area contributed by atoms with Gasteiger partial charge in [-0.15, -0.1) is 0 Å². The second-order valence-electron chi connectivity index (χ2n) is 7.56. The molecule has 8 heteroatoms. The van der Waals surface area contributed by atoms with Crippen LogP contribution in [-0.2, 0) is 11.2 Å². The number of aromatic nitrogens is 2. The van der Waals surface area contributed by atoms with Gasteiger partial charge in [-0.05, 0) is 44.7 Å². The minimum atomic E-state index is -0.684. The molecule has 1 aromatic heterocycles. The molecule has 0 radical (unpaired) electrons. The molecule has 1 aliphatic heterocycles. The number of hydrogen-bond acceptors (Lipinski definition) is 5. The van der Waals surface area contributed by atoms with Crippen LogP contribution in [0.25, 0.3) is 0 Å². The molecule has 0 spiro atoms. The summed E-state index contributed by atoms with van der Waals surface area (Å²) in [4.78, 5) is 23.0. The summed E-state index contributed by atoms with van der Waals surface area (Å²) in [5.74, 6) is 0.506. The van der Waals surface area contributed by atoms with Crippen LogP contribution in [0.5, 0.6) is 5.75 Å². The number of benzene rings is 1. The maximum absolute atomic E-state index is 13.7. The lowest BCUT2D eigenvalue weighted by Gasteiger charge is -2.36. The molecule has 148 valence electrons. The van der Waals surface area contributed by atoms with Crippen molar-refractivity contribution in [1.29, 1.82) is 0 Å². The van der Waals surface area contributed by atoms with Gasteiger partial charge in [-0.2, -0.15) is 0 Å². The Bertz CT molecular complexity index is 931. The van der Waals surface area contributed by atoms with E-state index in [0.717, 1.165) is 36.2 Å². The molecular weight excluding hydrogens is 366 g/mol. The average molecular weight is 388 g/mol. The van der Waals surface area contributed by atoms with Gasteiger partial charge in [-0.3, -0.25) is 4.79 Å². The Morgan fingerprint density at radius 1 is 1.29 bits per heavy atom. The second kappa shape index (κ2) is 7.00. The van der Waals surface area contributed by atoms with Gasteiger partial charge >= 0.3 is 0 Å². The highest BCUT2D eigenvalue weighted by atomic mass is 19.1. The summed E-state index contributed by atoms with van der Waals surface area (Å²) < 4.78 is 32.3. The van der Waals surface area contributed by atoms with Crippen molar-refractivity contribution in [3.63, 3.8) is 0 Å². The molecule has 1 aliphatic carbocycles. The van der Waals surface area contributed by atoms with Gasteiger partial charge in [0.2, 0.25) is 5.91 Å². The first-order valence-electron chi connectivity index (χ1n) is 9.34. The summed E-state index contributed by atoms with van der Waals surface area (Å²) in [6, 6.07) is 3.04. The molecule has 1 atom stereocenters. The van der Waals surface area contributed by atoms with E-state index in [1.807, 2.05) is 25.8 Å². The van der Waals surface area contributed by atoms with Crippen molar-refractivity contribution in [3.05, 3.63) is 41.4 Å². The summed E-state index contributed by atoms with van der Waals surface area (Å²) in [6.45, 7) is 3.69. The van der Waals surface area contributed by atoms with Crippen LogP contribution < -0.4 is 15.0 Å². The zero-order valence-corrected chi connectivity index (χ0v) is 16.0. The van der Waals surface area contributed by atoms with Crippen molar-refractivity contribution in [1.82, 2.24) is 9.97 Å². The van der Waals surface area contributed by atoms with E-state index >= 15 is 0 Å². The molecular formula is C20H22F2N4O2. The van der Waals surface area contributed by atoms with Crippen molar-refractivity contribution in [2.24, 2.45) is 5.92 Å². The molecule has 1 aromatic carbocycles. The van der Waals surface area contributed by atoms with Crippen molar-refractivity contribution in [2.75, 3.05) is 17.3 Å². The van der Waals surface area contributed by atoms with Gasteiger partial charge in [-0.1, -0.05) is 0 Å². The summed E-state index contributed by atoms with van der Waals surface area (Å²) in [5.41, 5.74) is 1.41. The normalized spacial score (nSPS) is 23.7. The molecule has 2 aliphatic rings. The van der Waals surface area contributed by atoms with Crippen LogP contribution in [-0.4, -0.2) is 35.1 Å². The number of aryl methyl sites for hydroxylation is 1. The van der Waals surface area contributed by atoms with Gasteiger partial charge in [0.15, 0.2) is 17.4 Å². The van der Waals surface area contributed by atoms with E-state index in [4.69, 9.17) is 4.74 Å². The molecule has 0 saturated heterocycles. The molecule has 1 amide bonds. The van der Waals surface area contributed by atoms with E-state index in [2.05, 4.69) is 15.3 Å². The smallest absolute Gasteiger partial charge is 0.246 e. The lowest BCUT2D eigenvalue weighted by molar-refractivity contribution is -0.117. The lowest BCUT2D eigenvalue weighted by atomic mass is 9.80. The van der Waals surface area contributed by atoms with Crippen LogP contribution >= 0.6 is 0 Å². The molecule has 2 heterocycles. The average Bonchev–Trinajstić information content (AvgIpc) is 2.61. The van der Waals surface area contributed by atoms with Crippen molar-refractivity contribution >= 4 is 17.4 Å². The van der Waals surface area contributed by atoms with Crippen molar-refractivity contribution < 1.29 is 18.3 Å². The lowest BCUT2D eigenvalue weighted by Crippen LogP contribution is -2.45. The van der Waals surface area contributed by atoms with Crippen LogP contribution in [0.4, 0.5) is 20.3 Å². The minimum Gasteiger partial charge on any atom is -0.487 e. The number of anilines is 2.